The van der Waals surface area contributed by atoms with Crippen molar-refractivity contribution in [3.63, 3.8) is 0 Å². The highest BCUT2D eigenvalue weighted by Crippen LogP contribution is 2.27. The molecular weight excluding hydrogens is 284 g/mol. The molecule has 0 aromatic carbocycles. The molecule has 0 spiro atoms. The third-order valence-electron chi connectivity index (χ3n) is 4.01. The van der Waals surface area contributed by atoms with Gasteiger partial charge >= 0.3 is 0 Å². The third-order valence-corrected chi connectivity index (χ3v) is 4.01. The van der Waals surface area contributed by atoms with Crippen LogP contribution in [-0.2, 0) is 9.59 Å². The van der Waals surface area contributed by atoms with Crippen LogP contribution in [0.15, 0.2) is 0 Å². The van der Waals surface area contributed by atoms with Crippen molar-refractivity contribution in [1.29, 1.82) is 0 Å². The summed E-state index contributed by atoms with van der Waals surface area (Å²) >= 11 is 0. The van der Waals surface area contributed by atoms with Crippen LogP contribution in [0.25, 0.3) is 0 Å². The highest BCUT2D eigenvalue weighted by Gasteiger charge is 2.39. The van der Waals surface area contributed by atoms with Crippen molar-refractivity contribution < 1.29 is 9.59 Å². The molecule has 1 aliphatic rings. The van der Waals surface area contributed by atoms with Crippen molar-refractivity contribution in [2.45, 2.75) is 78.3 Å². The second-order valence-electron chi connectivity index (χ2n) is 6.91. The second-order valence-corrected chi connectivity index (χ2v) is 6.91. The molecule has 2 N–H and O–H groups in total. The third kappa shape index (κ3) is 5.62. The van der Waals surface area contributed by atoms with Gasteiger partial charge in [-0.2, -0.15) is 13.5 Å². The number of Topliss-reactive ketones (excluding diaryl/α,β-unsaturated/α-hetero) is 1. The van der Waals surface area contributed by atoms with E-state index in [0.29, 0.717) is 6.54 Å². The molecule has 0 aromatic rings. The molecule has 1 saturated heterocycles. The number of rotatable bonds is 6. The molecule has 1 aliphatic heterocycles. The van der Waals surface area contributed by atoms with Gasteiger partial charge in [-0.3, -0.25) is 9.59 Å². The van der Waals surface area contributed by atoms with Gasteiger partial charge in [-0.15, -0.1) is 0 Å². The van der Waals surface area contributed by atoms with Crippen molar-refractivity contribution in [3.8, 4) is 0 Å². The summed E-state index contributed by atoms with van der Waals surface area (Å²) in [5, 5.41) is 0. The first-order valence-electron chi connectivity index (χ1n) is 7.89. The van der Waals surface area contributed by atoms with E-state index in [9.17, 15) is 9.59 Å². The minimum Gasteiger partial charge on any atom is -0.331 e. The van der Waals surface area contributed by atoms with Gasteiger partial charge in [0.2, 0.25) is 5.91 Å². The van der Waals surface area contributed by atoms with Gasteiger partial charge in [0, 0.05) is 12.0 Å². The van der Waals surface area contributed by atoms with E-state index in [1.54, 1.807) is 4.90 Å². The van der Waals surface area contributed by atoms with Crippen molar-refractivity contribution in [3.05, 3.63) is 0 Å². The number of nitrogens with zero attached hydrogens (tertiary/aromatic N) is 1. The van der Waals surface area contributed by atoms with Crippen LogP contribution in [0.1, 0.15) is 66.2 Å². The van der Waals surface area contributed by atoms with Crippen LogP contribution in [0, 0.1) is 5.41 Å². The molecule has 21 heavy (non-hydrogen) atoms. The SMILES string of the molecule is CCCCC[C@H](N)C(=O)N1CCC[C@H]1C(=O)C(C)(C)C.S. The predicted octanol–water partition coefficient (Wildman–Crippen LogP) is 2.61. The lowest BCUT2D eigenvalue weighted by Crippen LogP contribution is -2.50. The monoisotopic (exact) mass is 316 g/mol. The van der Waals surface area contributed by atoms with Crippen LogP contribution in [0.5, 0.6) is 0 Å². The molecule has 1 fully saturated rings. The predicted molar refractivity (Wildman–Crippen MR) is 91.7 cm³/mol. The van der Waals surface area contributed by atoms with Crippen LogP contribution in [0.4, 0.5) is 0 Å². The topological polar surface area (TPSA) is 63.4 Å². The van der Waals surface area contributed by atoms with Crippen LogP contribution in [0.2, 0.25) is 0 Å². The molecule has 4 nitrogen and oxygen atoms in total. The standard InChI is InChI=1S/C16H30N2O2.H2S/c1-5-6-7-9-12(17)15(20)18-11-8-10-13(18)14(19)16(2,3)4;/h12-13H,5-11,17H2,1-4H3;1H2/t12-,13-;/m0./s1. The summed E-state index contributed by atoms with van der Waals surface area (Å²) in [5.41, 5.74) is 5.60. The van der Waals surface area contributed by atoms with Crippen molar-refractivity contribution in [2.75, 3.05) is 6.54 Å². The lowest BCUT2D eigenvalue weighted by atomic mass is 9.85. The number of carbonyl (C=O) groups is 2. The molecule has 0 aromatic heterocycles. The first-order chi connectivity index (χ1) is 9.29. The first kappa shape index (κ1) is 20.5. The zero-order chi connectivity index (χ0) is 15.3. The summed E-state index contributed by atoms with van der Waals surface area (Å²) < 4.78 is 0. The maximum Gasteiger partial charge on any atom is 0.240 e. The van der Waals surface area contributed by atoms with E-state index in [0.717, 1.165) is 38.5 Å². The number of likely N-dealkylation sites (tertiary alicyclic amines) is 1. The summed E-state index contributed by atoms with van der Waals surface area (Å²) in [4.78, 5) is 26.6. The summed E-state index contributed by atoms with van der Waals surface area (Å²) in [5.74, 6) is 0.116. The van der Waals surface area contributed by atoms with Gasteiger partial charge in [0.05, 0.1) is 12.1 Å². The normalized spacial score (nSPS) is 20.0. The fraction of sp³-hybridized carbons (Fsp3) is 0.875. The number of nitrogens with two attached hydrogens (primary N) is 1. The summed E-state index contributed by atoms with van der Waals surface area (Å²) in [6.07, 6.45) is 5.61. The van der Waals surface area contributed by atoms with Gasteiger partial charge in [-0.05, 0) is 19.3 Å². The Morgan fingerprint density at radius 1 is 1.29 bits per heavy atom. The Bertz CT molecular complexity index is 353. The molecule has 5 heteroatoms. The summed E-state index contributed by atoms with van der Waals surface area (Å²) in [6, 6.07) is -0.713. The molecule has 0 radical (unpaired) electrons. The van der Waals surface area contributed by atoms with Gasteiger partial charge in [-0.1, -0.05) is 47.0 Å². The van der Waals surface area contributed by atoms with Crippen molar-refractivity contribution in [1.82, 2.24) is 4.90 Å². The highest BCUT2D eigenvalue weighted by atomic mass is 32.1. The Hall–Kier alpha value is -0.550. The maximum absolute atomic E-state index is 12.4. The molecule has 0 saturated carbocycles. The molecule has 124 valence electrons. The van der Waals surface area contributed by atoms with E-state index in [2.05, 4.69) is 6.92 Å². The largest absolute Gasteiger partial charge is 0.331 e. The Labute approximate surface area is 136 Å². The van der Waals surface area contributed by atoms with E-state index in [1.165, 1.54) is 0 Å². The lowest BCUT2D eigenvalue weighted by Gasteiger charge is -2.30. The summed E-state index contributed by atoms with van der Waals surface area (Å²) in [7, 11) is 0. The Balaban J connectivity index is 0.00000400. The lowest BCUT2D eigenvalue weighted by molar-refractivity contribution is -0.141. The number of ketones is 1. The van der Waals surface area contributed by atoms with Gasteiger partial charge < -0.3 is 10.6 Å². The maximum atomic E-state index is 12.4. The molecule has 1 heterocycles. The minimum absolute atomic E-state index is 0. The molecular formula is C16H32N2O2S. The Morgan fingerprint density at radius 3 is 2.43 bits per heavy atom. The fourth-order valence-electron chi connectivity index (χ4n) is 2.75. The number of unbranched alkanes of at least 4 members (excludes halogenated alkanes) is 2. The average Bonchev–Trinajstić information content (AvgIpc) is 2.84. The quantitative estimate of drug-likeness (QED) is 0.766. The van der Waals surface area contributed by atoms with Crippen LogP contribution in [0.3, 0.4) is 0 Å². The molecule has 1 amide bonds. The van der Waals surface area contributed by atoms with E-state index < -0.39 is 11.5 Å². The van der Waals surface area contributed by atoms with Crippen LogP contribution in [-0.4, -0.2) is 35.2 Å². The first-order valence-corrected chi connectivity index (χ1v) is 7.89. The van der Waals surface area contributed by atoms with Gasteiger partial charge in [0.1, 0.15) is 0 Å². The highest BCUT2D eigenvalue weighted by molar-refractivity contribution is 7.59. The molecule has 1 rings (SSSR count). The van der Waals surface area contributed by atoms with E-state index in [1.807, 2.05) is 20.8 Å². The minimum atomic E-state index is -0.449. The smallest absolute Gasteiger partial charge is 0.240 e. The van der Waals surface area contributed by atoms with E-state index >= 15 is 0 Å². The van der Waals surface area contributed by atoms with E-state index in [4.69, 9.17) is 5.73 Å². The number of hydrogen-bond donors (Lipinski definition) is 1. The molecule has 0 bridgehead atoms. The second kappa shape index (κ2) is 8.79. The average molecular weight is 317 g/mol. The van der Waals surface area contributed by atoms with Crippen LogP contribution < -0.4 is 5.73 Å². The van der Waals surface area contributed by atoms with E-state index in [-0.39, 0.29) is 31.2 Å². The number of hydrogen-bond acceptors (Lipinski definition) is 3. The molecule has 2 atom stereocenters. The number of amides is 1. The zero-order valence-electron chi connectivity index (χ0n) is 13.9. The molecule has 0 aliphatic carbocycles. The Kier molecular flexibility index (Phi) is 8.56. The van der Waals surface area contributed by atoms with Gasteiger partial charge in [-0.25, -0.2) is 0 Å². The zero-order valence-corrected chi connectivity index (χ0v) is 14.9. The molecule has 0 unspecified atom stereocenters. The Morgan fingerprint density at radius 2 is 1.90 bits per heavy atom. The number of carbonyl (C=O) groups excluding carboxylic acids is 2. The van der Waals surface area contributed by atoms with Gasteiger partial charge in [0.25, 0.3) is 0 Å². The van der Waals surface area contributed by atoms with Crippen molar-refractivity contribution in [2.24, 2.45) is 11.1 Å². The van der Waals surface area contributed by atoms with Crippen molar-refractivity contribution >= 4 is 25.2 Å². The summed E-state index contributed by atoms with van der Waals surface area (Å²) in [6.45, 7) is 8.55. The van der Waals surface area contributed by atoms with Crippen LogP contribution >= 0.6 is 13.5 Å². The van der Waals surface area contributed by atoms with Gasteiger partial charge in [0.15, 0.2) is 5.78 Å². The fourth-order valence-corrected chi connectivity index (χ4v) is 2.75.